The van der Waals surface area contributed by atoms with Crippen molar-refractivity contribution in [2.75, 3.05) is 26.2 Å². The van der Waals surface area contributed by atoms with Crippen LogP contribution in [0.4, 0.5) is 0 Å². The number of amides is 1. The molecule has 5 heteroatoms. The zero-order chi connectivity index (χ0) is 12.1. The van der Waals surface area contributed by atoms with E-state index in [2.05, 4.69) is 26.6 Å². The molecule has 1 saturated heterocycles. The summed E-state index contributed by atoms with van der Waals surface area (Å²) in [7, 11) is 0. The van der Waals surface area contributed by atoms with Gasteiger partial charge < -0.3 is 15.4 Å². The van der Waals surface area contributed by atoms with Gasteiger partial charge in [-0.2, -0.15) is 0 Å². The summed E-state index contributed by atoms with van der Waals surface area (Å²) in [5, 5.41) is 6.10. The Labute approximate surface area is 109 Å². The van der Waals surface area contributed by atoms with Gasteiger partial charge in [0.2, 0.25) is 0 Å². The van der Waals surface area contributed by atoms with E-state index < -0.39 is 0 Å². The van der Waals surface area contributed by atoms with Crippen molar-refractivity contribution in [3.63, 3.8) is 0 Å². The van der Waals surface area contributed by atoms with Crippen molar-refractivity contribution in [2.45, 2.75) is 6.10 Å². The highest BCUT2D eigenvalue weighted by Gasteiger charge is 2.15. The van der Waals surface area contributed by atoms with Gasteiger partial charge in [-0.15, -0.1) is 0 Å². The average Bonchev–Trinajstić information content (AvgIpc) is 2.38. The smallest absolute Gasteiger partial charge is 0.252 e. The molecule has 1 unspecified atom stereocenters. The molecule has 0 spiro atoms. The van der Waals surface area contributed by atoms with Crippen molar-refractivity contribution >= 4 is 21.8 Å². The Bertz CT molecular complexity index is 392. The van der Waals surface area contributed by atoms with Crippen molar-refractivity contribution in [3.05, 3.63) is 34.3 Å². The molecule has 1 atom stereocenters. The van der Waals surface area contributed by atoms with E-state index in [9.17, 15) is 4.79 Å². The molecule has 1 heterocycles. The van der Waals surface area contributed by atoms with E-state index in [1.807, 2.05) is 18.2 Å². The molecule has 1 amide bonds. The first-order valence-corrected chi connectivity index (χ1v) is 6.41. The number of benzene rings is 1. The summed E-state index contributed by atoms with van der Waals surface area (Å²) in [5.41, 5.74) is 0.649. The Morgan fingerprint density at radius 1 is 1.53 bits per heavy atom. The summed E-state index contributed by atoms with van der Waals surface area (Å²) in [6.45, 7) is 2.91. The summed E-state index contributed by atoms with van der Waals surface area (Å²) in [6.07, 6.45) is 0.0650. The second kappa shape index (κ2) is 6.14. The lowest BCUT2D eigenvalue weighted by Gasteiger charge is -2.23. The van der Waals surface area contributed by atoms with Crippen LogP contribution < -0.4 is 10.6 Å². The van der Waals surface area contributed by atoms with E-state index in [1.54, 1.807) is 6.07 Å². The molecule has 1 aliphatic heterocycles. The number of hydrogen-bond acceptors (Lipinski definition) is 3. The third kappa shape index (κ3) is 3.52. The first kappa shape index (κ1) is 12.5. The third-order valence-electron chi connectivity index (χ3n) is 2.61. The molecule has 1 fully saturated rings. The first-order valence-electron chi connectivity index (χ1n) is 5.62. The van der Waals surface area contributed by atoms with Crippen molar-refractivity contribution < 1.29 is 9.53 Å². The molecule has 0 radical (unpaired) electrons. The van der Waals surface area contributed by atoms with Crippen LogP contribution in [0, 0.1) is 0 Å². The minimum Gasteiger partial charge on any atom is -0.374 e. The molecule has 92 valence electrons. The number of nitrogens with one attached hydrogen (secondary N) is 2. The number of morpholine rings is 1. The maximum Gasteiger partial charge on any atom is 0.252 e. The standard InChI is InChI=1S/C12H15BrN2O2/c13-11-4-2-1-3-10(11)12(16)15-8-9-7-14-5-6-17-9/h1-4,9,14H,5-8H2,(H,15,16). The van der Waals surface area contributed by atoms with E-state index in [0.29, 0.717) is 18.7 Å². The molecule has 2 N–H and O–H groups in total. The molecule has 1 aliphatic rings. The molecule has 0 aromatic heterocycles. The van der Waals surface area contributed by atoms with Crippen LogP contribution in [0.25, 0.3) is 0 Å². The topological polar surface area (TPSA) is 50.4 Å². The second-order valence-corrected chi connectivity index (χ2v) is 4.74. The van der Waals surface area contributed by atoms with Gasteiger partial charge >= 0.3 is 0 Å². The quantitative estimate of drug-likeness (QED) is 0.881. The van der Waals surface area contributed by atoms with Gasteiger partial charge in [0.05, 0.1) is 18.3 Å². The van der Waals surface area contributed by atoms with Crippen molar-refractivity contribution in [3.8, 4) is 0 Å². The van der Waals surface area contributed by atoms with Crippen LogP contribution in [-0.2, 0) is 4.74 Å². The number of rotatable bonds is 3. The van der Waals surface area contributed by atoms with E-state index >= 15 is 0 Å². The van der Waals surface area contributed by atoms with Gasteiger partial charge in [0.15, 0.2) is 0 Å². The van der Waals surface area contributed by atoms with Gasteiger partial charge in [0.1, 0.15) is 0 Å². The average molecular weight is 299 g/mol. The molecule has 4 nitrogen and oxygen atoms in total. The maximum atomic E-state index is 11.9. The number of hydrogen-bond donors (Lipinski definition) is 2. The van der Waals surface area contributed by atoms with E-state index in [0.717, 1.165) is 17.6 Å². The van der Waals surface area contributed by atoms with Gasteiger partial charge in [-0.25, -0.2) is 0 Å². The highest BCUT2D eigenvalue weighted by atomic mass is 79.9. The summed E-state index contributed by atoms with van der Waals surface area (Å²) >= 11 is 3.36. The predicted molar refractivity (Wildman–Crippen MR) is 69.1 cm³/mol. The van der Waals surface area contributed by atoms with Gasteiger partial charge in [-0.1, -0.05) is 12.1 Å². The Kier molecular flexibility index (Phi) is 4.53. The Morgan fingerprint density at radius 3 is 3.06 bits per heavy atom. The molecule has 0 aliphatic carbocycles. The van der Waals surface area contributed by atoms with Crippen LogP contribution in [0.15, 0.2) is 28.7 Å². The largest absolute Gasteiger partial charge is 0.374 e. The minimum absolute atomic E-state index is 0.0650. The Balaban J connectivity index is 1.87. The molecular weight excluding hydrogens is 284 g/mol. The van der Waals surface area contributed by atoms with Crippen molar-refractivity contribution in [1.82, 2.24) is 10.6 Å². The number of carbonyl (C=O) groups excluding carboxylic acids is 1. The summed E-state index contributed by atoms with van der Waals surface area (Å²) in [5.74, 6) is -0.0772. The Hall–Kier alpha value is -0.910. The van der Waals surface area contributed by atoms with Crippen LogP contribution in [0.3, 0.4) is 0 Å². The van der Waals surface area contributed by atoms with Gasteiger partial charge in [-0.05, 0) is 28.1 Å². The number of halogens is 1. The van der Waals surface area contributed by atoms with Gasteiger partial charge in [0, 0.05) is 24.1 Å². The fraction of sp³-hybridized carbons (Fsp3) is 0.417. The zero-order valence-corrected chi connectivity index (χ0v) is 11.0. The molecule has 1 aromatic carbocycles. The molecule has 0 saturated carbocycles. The van der Waals surface area contributed by atoms with Gasteiger partial charge in [0.25, 0.3) is 5.91 Å². The van der Waals surface area contributed by atoms with Crippen LogP contribution in [0.5, 0.6) is 0 Å². The van der Waals surface area contributed by atoms with E-state index in [-0.39, 0.29) is 12.0 Å². The number of carbonyl (C=O) groups is 1. The van der Waals surface area contributed by atoms with E-state index in [4.69, 9.17) is 4.74 Å². The highest BCUT2D eigenvalue weighted by molar-refractivity contribution is 9.10. The van der Waals surface area contributed by atoms with Crippen LogP contribution in [-0.4, -0.2) is 38.3 Å². The normalized spacial score (nSPS) is 19.9. The fourth-order valence-electron chi connectivity index (χ4n) is 1.70. The molecular formula is C12H15BrN2O2. The van der Waals surface area contributed by atoms with Crippen LogP contribution in [0.1, 0.15) is 10.4 Å². The summed E-state index contributed by atoms with van der Waals surface area (Å²) < 4.78 is 6.31. The fourth-order valence-corrected chi connectivity index (χ4v) is 2.16. The number of ether oxygens (including phenoxy) is 1. The first-order chi connectivity index (χ1) is 8.27. The molecule has 1 aromatic rings. The maximum absolute atomic E-state index is 11.9. The molecule has 17 heavy (non-hydrogen) atoms. The lowest BCUT2D eigenvalue weighted by Crippen LogP contribution is -2.45. The van der Waals surface area contributed by atoms with Crippen molar-refractivity contribution in [2.24, 2.45) is 0 Å². The monoisotopic (exact) mass is 298 g/mol. The third-order valence-corrected chi connectivity index (χ3v) is 3.30. The zero-order valence-electron chi connectivity index (χ0n) is 9.41. The van der Waals surface area contributed by atoms with E-state index in [1.165, 1.54) is 0 Å². The summed E-state index contributed by atoms with van der Waals surface area (Å²) in [4.78, 5) is 11.9. The SMILES string of the molecule is O=C(NCC1CNCCO1)c1ccccc1Br. The highest BCUT2D eigenvalue weighted by Crippen LogP contribution is 2.15. The Morgan fingerprint density at radius 2 is 2.35 bits per heavy atom. The molecule has 0 bridgehead atoms. The van der Waals surface area contributed by atoms with Crippen LogP contribution >= 0.6 is 15.9 Å². The van der Waals surface area contributed by atoms with Crippen molar-refractivity contribution in [1.29, 1.82) is 0 Å². The molecule has 2 rings (SSSR count). The predicted octanol–water partition coefficient (Wildman–Crippen LogP) is 1.17. The minimum atomic E-state index is -0.0772. The van der Waals surface area contributed by atoms with Gasteiger partial charge in [-0.3, -0.25) is 4.79 Å². The summed E-state index contributed by atoms with van der Waals surface area (Å²) in [6, 6.07) is 7.38. The second-order valence-electron chi connectivity index (χ2n) is 3.89. The van der Waals surface area contributed by atoms with Crippen LogP contribution in [0.2, 0.25) is 0 Å². The lowest BCUT2D eigenvalue weighted by molar-refractivity contribution is 0.0287. The lowest BCUT2D eigenvalue weighted by atomic mass is 10.2.